The average molecular weight is 293 g/mol. The molecule has 1 rings (SSSR count). The lowest BCUT2D eigenvalue weighted by Gasteiger charge is -2.29. The third kappa shape index (κ3) is 3.08. The number of anilines is 1. The largest absolute Gasteiger partial charge is 0.505 e. The molecular weight excluding hydrogens is 275 g/mol. The minimum Gasteiger partial charge on any atom is -0.505 e. The molecule has 108 valence electrons. The van der Waals surface area contributed by atoms with Crippen molar-refractivity contribution in [2.45, 2.75) is 19.9 Å². The van der Waals surface area contributed by atoms with Crippen molar-refractivity contribution in [3.63, 3.8) is 0 Å². The topological polar surface area (TPSA) is 98.6 Å². The Balaban J connectivity index is 0.00000324. The Morgan fingerprint density at radius 2 is 2.00 bits per heavy atom. The summed E-state index contributed by atoms with van der Waals surface area (Å²) in [7, 11) is 1.25. The van der Waals surface area contributed by atoms with Crippen LogP contribution < -0.4 is 11.5 Å². The van der Waals surface area contributed by atoms with Crippen molar-refractivity contribution in [2.75, 3.05) is 12.8 Å². The molecule has 0 saturated heterocycles. The van der Waals surface area contributed by atoms with Crippen LogP contribution in [0.25, 0.3) is 0 Å². The van der Waals surface area contributed by atoms with Crippen LogP contribution in [0.1, 0.15) is 25.5 Å². The quantitative estimate of drug-likeness (QED) is 0.448. The summed E-state index contributed by atoms with van der Waals surface area (Å²) in [5.41, 5.74) is 10.0. The van der Waals surface area contributed by atoms with Gasteiger partial charge in [0.15, 0.2) is 0 Å². The second-order valence-corrected chi connectivity index (χ2v) is 4.59. The molecule has 0 unspecified atom stereocenters. The fourth-order valence-corrected chi connectivity index (χ4v) is 1.63. The predicted molar refractivity (Wildman–Crippen MR) is 72.5 cm³/mol. The van der Waals surface area contributed by atoms with Crippen molar-refractivity contribution in [3.8, 4) is 5.75 Å². The maximum Gasteiger partial charge on any atom is 0.313 e. The van der Waals surface area contributed by atoms with Crippen molar-refractivity contribution < 1.29 is 19.0 Å². The van der Waals surface area contributed by atoms with Gasteiger partial charge in [-0.15, -0.1) is 12.4 Å². The van der Waals surface area contributed by atoms with Gasteiger partial charge in [0.2, 0.25) is 0 Å². The predicted octanol–water partition coefficient (Wildman–Crippen LogP) is 1.73. The molecule has 0 radical (unpaired) electrons. The molecule has 0 aliphatic heterocycles. The van der Waals surface area contributed by atoms with Crippen molar-refractivity contribution in [1.82, 2.24) is 0 Å². The van der Waals surface area contributed by atoms with E-state index in [1.807, 2.05) is 0 Å². The molecule has 0 saturated carbocycles. The lowest BCUT2D eigenvalue weighted by molar-refractivity contribution is -0.152. The van der Waals surface area contributed by atoms with Gasteiger partial charge >= 0.3 is 5.97 Å². The Morgan fingerprint density at radius 3 is 2.47 bits per heavy atom. The highest BCUT2D eigenvalue weighted by atomic mass is 35.5. The van der Waals surface area contributed by atoms with Gasteiger partial charge in [-0.25, -0.2) is 4.39 Å². The van der Waals surface area contributed by atoms with Gasteiger partial charge < -0.3 is 21.3 Å². The normalized spacial score (nSPS) is 12.5. The van der Waals surface area contributed by atoms with Crippen LogP contribution in [0.4, 0.5) is 10.1 Å². The summed E-state index contributed by atoms with van der Waals surface area (Å²) in [5.74, 6) is -1.71. The highest BCUT2D eigenvalue weighted by Gasteiger charge is 2.38. The minimum atomic E-state index is -1.07. The number of rotatable bonds is 3. The highest BCUT2D eigenvalue weighted by molar-refractivity contribution is 5.85. The molecule has 1 aromatic carbocycles. The van der Waals surface area contributed by atoms with E-state index in [1.165, 1.54) is 13.2 Å². The average Bonchev–Trinajstić information content (AvgIpc) is 2.34. The zero-order valence-electron chi connectivity index (χ0n) is 10.9. The van der Waals surface area contributed by atoms with Gasteiger partial charge in [-0.1, -0.05) is 6.07 Å². The number of ether oxygens (including phenoxy) is 1. The number of carbonyl (C=O) groups is 1. The van der Waals surface area contributed by atoms with Gasteiger partial charge in [0, 0.05) is 11.6 Å². The summed E-state index contributed by atoms with van der Waals surface area (Å²) < 4.78 is 17.8. The molecule has 1 atom stereocenters. The molecule has 5 nitrogen and oxygen atoms in total. The van der Waals surface area contributed by atoms with Crippen LogP contribution in [0.2, 0.25) is 0 Å². The van der Waals surface area contributed by atoms with Crippen LogP contribution in [0, 0.1) is 11.2 Å². The third-order valence-corrected chi connectivity index (χ3v) is 3.02. The Kier molecular flexibility index (Phi) is 5.59. The van der Waals surface area contributed by atoms with Gasteiger partial charge in [-0.2, -0.15) is 0 Å². The fraction of sp³-hybridized carbons (Fsp3) is 0.417. The Hall–Kier alpha value is -1.53. The summed E-state index contributed by atoms with van der Waals surface area (Å²) in [6.07, 6.45) is 0. The first kappa shape index (κ1) is 17.5. The summed E-state index contributed by atoms with van der Waals surface area (Å²) in [4.78, 5) is 11.6. The standard InChI is InChI=1S/C12H17FN2O3.ClH/c1-12(2,11(17)18-3)10(15)6-4-5-7(13)8(14)9(6)16;/h4-5,10,16H,14-15H2,1-3H3;1H/t10-;/m1./s1. The van der Waals surface area contributed by atoms with E-state index in [9.17, 15) is 14.3 Å². The maximum atomic E-state index is 13.1. The number of nitrogen functional groups attached to an aromatic ring is 1. The molecule has 0 amide bonds. The van der Waals surface area contributed by atoms with Crippen LogP contribution in [-0.4, -0.2) is 18.2 Å². The molecule has 19 heavy (non-hydrogen) atoms. The molecule has 1 aromatic rings. The summed E-state index contributed by atoms with van der Waals surface area (Å²) in [5, 5.41) is 9.77. The number of aromatic hydroxyl groups is 1. The first-order valence-electron chi connectivity index (χ1n) is 5.34. The highest BCUT2D eigenvalue weighted by Crippen LogP contribution is 2.39. The lowest BCUT2D eigenvalue weighted by Crippen LogP contribution is -2.37. The molecule has 0 fully saturated rings. The molecule has 0 aromatic heterocycles. The van der Waals surface area contributed by atoms with Crippen LogP contribution in [-0.2, 0) is 9.53 Å². The monoisotopic (exact) mass is 292 g/mol. The first-order valence-corrected chi connectivity index (χ1v) is 5.34. The number of esters is 1. The first-order chi connectivity index (χ1) is 8.23. The second kappa shape index (κ2) is 6.08. The number of methoxy groups -OCH3 is 1. The fourth-order valence-electron chi connectivity index (χ4n) is 1.63. The number of hydrogen-bond donors (Lipinski definition) is 3. The van der Waals surface area contributed by atoms with Crippen molar-refractivity contribution in [2.24, 2.45) is 11.1 Å². The second-order valence-electron chi connectivity index (χ2n) is 4.59. The summed E-state index contributed by atoms with van der Waals surface area (Å²) >= 11 is 0. The van der Waals surface area contributed by atoms with E-state index in [4.69, 9.17) is 11.5 Å². The maximum absolute atomic E-state index is 13.1. The molecule has 0 bridgehead atoms. The Morgan fingerprint density at radius 1 is 1.47 bits per heavy atom. The zero-order valence-corrected chi connectivity index (χ0v) is 11.8. The van der Waals surface area contributed by atoms with Crippen molar-refractivity contribution in [3.05, 3.63) is 23.5 Å². The number of halogens is 2. The molecular formula is C12H18ClFN2O3. The zero-order chi connectivity index (χ0) is 14.1. The molecule has 0 aliphatic carbocycles. The van der Waals surface area contributed by atoms with Crippen LogP contribution >= 0.6 is 12.4 Å². The van der Waals surface area contributed by atoms with E-state index in [-0.39, 0.29) is 23.7 Å². The summed E-state index contributed by atoms with van der Waals surface area (Å²) in [6, 6.07) is 1.53. The van der Waals surface area contributed by atoms with E-state index in [1.54, 1.807) is 13.8 Å². The van der Waals surface area contributed by atoms with Gasteiger partial charge in [0.25, 0.3) is 0 Å². The number of phenolic OH excluding ortho intramolecular Hbond substituents is 1. The molecule has 5 N–H and O–H groups in total. The third-order valence-electron chi connectivity index (χ3n) is 3.02. The Bertz CT molecular complexity index is 480. The molecule has 0 spiro atoms. The van der Waals surface area contributed by atoms with E-state index in [2.05, 4.69) is 4.74 Å². The van der Waals surface area contributed by atoms with E-state index in [0.29, 0.717) is 0 Å². The van der Waals surface area contributed by atoms with Crippen LogP contribution in [0.5, 0.6) is 5.75 Å². The number of phenols is 1. The molecule has 0 aliphatic rings. The number of hydrogen-bond acceptors (Lipinski definition) is 5. The van der Waals surface area contributed by atoms with Gasteiger partial charge in [-0.05, 0) is 19.9 Å². The van der Waals surface area contributed by atoms with Crippen molar-refractivity contribution >= 4 is 24.1 Å². The van der Waals surface area contributed by atoms with Gasteiger partial charge in [0.1, 0.15) is 17.3 Å². The SMILES string of the molecule is COC(=O)C(C)(C)[C@H](N)c1ccc(F)c(N)c1O.Cl. The van der Waals surface area contributed by atoms with E-state index < -0.39 is 29.0 Å². The van der Waals surface area contributed by atoms with Crippen LogP contribution in [0.15, 0.2) is 12.1 Å². The molecule has 0 heterocycles. The molecule has 7 heteroatoms. The lowest BCUT2D eigenvalue weighted by atomic mass is 9.80. The van der Waals surface area contributed by atoms with E-state index >= 15 is 0 Å². The minimum absolute atomic E-state index is 0. The smallest absolute Gasteiger partial charge is 0.313 e. The van der Waals surface area contributed by atoms with Crippen LogP contribution in [0.3, 0.4) is 0 Å². The Labute approximate surface area is 117 Å². The number of carbonyl (C=O) groups excluding carboxylic acids is 1. The number of benzene rings is 1. The number of nitrogens with two attached hydrogens (primary N) is 2. The van der Waals surface area contributed by atoms with E-state index in [0.717, 1.165) is 6.07 Å². The van der Waals surface area contributed by atoms with Crippen molar-refractivity contribution in [1.29, 1.82) is 0 Å². The van der Waals surface area contributed by atoms with Gasteiger partial charge in [0.05, 0.1) is 12.5 Å². The summed E-state index contributed by atoms with van der Waals surface area (Å²) in [6.45, 7) is 3.14. The van der Waals surface area contributed by atoms with Gasteiger partial charge in [-0.3, -0.25) is 4.79 Å².